The van der Waals surface area contributed by atoms with Gasteiger partial charge in [0.25, 0.3) is 0 Å². The molecule has 0 aliphatic carbocycles. The molecule has 0 saturated carbocycles. The maximum Gasteiger partial charge on any atom is 0.182 e. The molecular formula is C16H11ClN4. The lowest BCUT2D eigenvalue weighted by Crippen LogP contribution is -1.98. The van der Waals surface area contributed by atoms with Gasteiger partial charge in [0.2, 0.25) is 0 Å². The third-order valence-corrected chi connectivity index (χ3v) is 3.63. The maximum absolute atomic E-state index is 6.01. The highest BCUT2D eigenvalue weighted by atomic mass is 35.5. The lowest BCUT2D eigenvalue weighted by atomic mass is 10.3. The number of fused-ring (bicyclic) bond motifs is 2. The van der Waals surface area contributed by atoms with Crippen molar-refractivity contribution in [3.8, 4) is 5.69 Å². The first-order valence-corrected chi connectivity index (χ1v) is 7.16. The molecule has 0 radical (unpaired) electrons. The Balaban J connectivity index is 2.10. The molecule has 0 fully saturated rings. The van der Waals surface area contributed by atoms with Crippen molar-refractivity contribution < 1.29 is 0 Å². The average Bonchev–Trinajstić information content (AvgIpc) is 2.91. The minimum absolute atomic E-state index is 0.309. The molecule has 0 aliphatic rings. The predicted octanol–water partition coefficient (Wildman–Crippen LogP) is 3.71. The number of hydrogen-bond donors (Lipinski definition) is 0. The fourth-order valence-electron chi connectivity index (χ4n) is 2.39. The van der Waals surface area contributed by atoms with Crippen LogP contribution in [0.3, 0.4) is 0 Å². The Morgan fingerprint density at radius 2 is 1.52 bits per heavy atom. The maximum atomic E-state index is 6.01. The first-order chi connectivity index (χ1) is 10.4. The van der Waals surface area contributed by atoms with Crippen molar-refractivity contribution in [1.29, 1.82) is 0 Å². The molecule has 4 nitrogen and oxygen atoms in total. The molecule has 4 aromatic rings. The molecule has 4 rings (SSSR count). The summed E-state index contributed by atoms with van der Waals surface area (Å²) >= 11 is 6.01. The summed E-state index contributed by atoms with van der Waals surface area (Å²) < 4.78 is 1.80. The minimum Gasteiger partial charge on any atom is -0.241 e. The van der Waals surface area contributed by atoms with E-state index in [2.05, 4.69) is 10.1 Å². The van der Waals surface area contributed by atoms with Crippen molar-refractivity contribution in [3.63, 3.8) is 0 Å². The topological polar surface area (TPSA) is 43.6 Å². The largest absolute Gasteiger partial charge is 0.241 e. The standard InChI is InChI=1S/C16H11ClN4/c17-10-14-15-16(19-13-9-5-4-8-12(13)18-15)21(20-14)11-6-2-1-3-7-11/h1-9H,10H2. The lowest BCUT2D eigenvalue weighted by molar-refractivity contribution is 0.875. The molecule has 0 aliphatic heterocycles. The van der Waals surface area contributed by atoms with Crippen LogP contribution in [0.2, 0.25) is 0 Å². The highest BCUT2D eigenvalue weighted by Gasteiger charge is 2.14. The van der Waals surface area contributed by atoms with Crippen LogP contribution >= 0.6 is 11.6 Å². The van der Waals surface area contributed by atoms with Gasteiger partial charge in [-0.3, -0.25) is 0 Å². The van der Waals surface area contributed by atoms with Gasteiger partial charge in [0.1, 0.15) is 11.2 Å². The average molecular weight is 295 g/mol. The summed E-state index contributed by atoms with van der Waals surface area (Å²) in [5, 5.41) is 4.56. The van der Waals surface area contributed by atoms with Gasteiger partial charge in [-0.05, 0) is 24.3 Å². The molecule has 0 bridgehead atoms. The van der Waals surface area contributed by atoms with Crippen LogP contribution in [0, 0.1) is 0 Å². The van der Waals surface area contributed by atoms with Crippen LogP contribution in [-0.2, 0) is 5.88 Å². The second kappa shape index (κ2) is 4.82. The predicted molar refractivity (Wildman–Crippen MR) is 83.7 cm³/mol. The molecule has 0 atom stereocenters. The van der Waals surface area contributed by atoms with Crippen molar-refractivity contribution in [3.05, 3.63) is 60.3 Å². The third kappa shape index (κ3) is 1.96. The monoisotopic (exact) mass is 294 g/mol. The molecule has 0 amide bonds. The number of hydrogen-bond acceptors (Lipinski definition) is 3. The van der Waals surface area contributed by atoms with Crippen molar-refractivity contribution in [2.24, 2.45) is 0 Å². The van der Waals surface area contributed by atoms with E-state index in [1.165, 1.54) is 0 Å². The number of nitrogens with zero attached hydrogens (tertiary/aromatic N) is 4. The summed E-state index contributed by atoms with van der Waals surface area (Å²) in [6.07, 6.45) is 0. The fourth-order valence-corrected chi connectivity index (χ4v) is 2.57. The Morgan fingerprint density at radius 1 is 0.857 bits per heavy atom. The SMILES string of the molecule is ClCc1nn(-c2ccccc2)c2nc3ccccc3nc12. The highest BCUT2D eigenvalue weighted by Crippen LogP contribution is 2.23. The zero-order valence-electron chi connectivity index (χ0n) is 11.1. The second-order valence-electron chi connectivity index (χ2n) is 4.71. The summed E-state index contributed by atoms with van der Waals surface area (Å²) in [6.45, 7) is 0. The molecule has 0 N–H and O–H groups in total. The Morgan fingerprint density at radius 3 is 2.24 bits per heavy atom. The smallest absolute Gasteiger partial charge is 0.182 e. The first kappa shape index (κ1) is 12.3. The van der Waals surface area contributed by atoms with Gasteiger partial charge in [-0.25, -0.2) is 14.6 Å². The van der Waals surface area contributed by atoms with Gasteiger partial charge in [-0.15, -0.1) is 11.6 Å². The van der Waals surface area contributed by atoms with Gasteiger partial charge < -0.3 is 0 Å². The number of benzene rings is 2. The van der Waals surface area contributed by atoms with Crippen molar-refractivity contribution in [1.82, 2.24) is 19.7 Å². The molecule has 2 heterocycles. The van der Waals surface area contributed by atoms with E-state index >= 15 is 0 Å². The zero-order valence-corrected chi connectivity index (χ0v) is 11.8. The molecule has 0 unspecified atom stereocenters. The van der Waals surface area contributed by atoms with E-state index in [1.807, 2.05) is 54.6 Å². The molecule has 0 spiro atoms. The van der Waals surface area contributed by atoms with Gasteiger partial charge in [0.05, 0.1) is 22.6 Å². The van der Waals surface area contributed by atoms with Crippen LogP contribution in [0.1, 0.15) is 5.69 Å². The number of alkyl halides is 1. The molecule has 5 heteroatoms. The summed E-state index contributed by atoms with van der Waals surface area (Å²) in [7, 11) is 0. The quantitative estimate of drug-likeness (QED) is 0.529. The summed E-state index contributed by atoms with van der Waals surface area (Å²) in [5.41, 5.74) is 4.88. The number of aromatic nitrogens is 4. The second-order valence-corrected chi connectivity index (χ2v) is 4.98. The Bertz CT molecular complexity index is 931. The Labute approximate surface area is 126 Å². The zero-order chi connectivity index (χ0) is 14.2. The van der Waals surface area contributed by atoms with Crippen LogP contribution in [0.5, 0.6) is 0 Å². The molecule has 102 valence electrons. The van der Waals surface area contributed by atoms with Crippen LogP contribution in [0.4, 0.5) is 0 Å². The summed E-state index contributed by atoms with van der Waals surface area (Å²) in [6, 6.07) is 17.7. The normalized spacial score (nSPS) is 11.3. The molecule has 0 saturated heterocycles. The van der Waals surface area contributed by atoms with E-state index in [4.69, 9.17) is 16.6 Å². The van der Waals surface area contributed by atoms with Gasteiger partial charge >= 0.3 is 0 Å². The number of rotatable bonds is 2. The summed E-state index contributed by atoms with van der Waals surface area (Å²) in [4.78, 5) is 9.37. The molecule has 2 aromatic heterocycles. The molecule has 21 heavy (non-hydrogen) atoms. The van der Waals surface area contributed by atoms with Crippen LogP contribution in [0.15, 0.2) is 54.6 Å². The van der Waals surface area contributed by atoms with E-state index in [-0.39, 0.29) is 0 Å². The van der Waals surface area contributed by atoms with Gasteiger partial charge in [0.15, 0.2) is 5.65 Å². The summed E-state index contributed by atoms with van der Waals surface area (Å²) in [5.74, 6) is 0.309. The van der Waals surface area contributed by atoms with Gasteiger partial charge in [-0.1, -0.05) is 30.3 Å². The van der Waals surface area contributed by atoms with E-state index in [0.29, 0.717) is 5.88 Å². The Hall–Kier alpha value is -2.46. The molecular weight excluding hydrogens is 284 g/mol. The third-order valence-electron chi connectivity index (χ3n) is 3.37. The van der Waals surface area contributed by atoms with E-state index in [0.717, 1.165) is 33.6 Å². The van der Waals surface area contributed by atoms with E-state index < -0.39 is 0 Å². The number of para-hydroxylation sites is 3. The van der Waals surface area contributed by atoms with Gasteiger partial charge in [-0.2, -0.15) is 5.10 Å². The first-order valence-electron chi connectivity index (χ1n) is 6.62. The lowest BCUT2D eigenvalue weighted by Gasteiger charge is -2.02. The van der Waals surface area contributed by atoms with Crippen molar-refractivity contribution in [2.45, 2.75) is 5.88 Å². The van der Waals surface area contributed by atoms with Crippen LogP contribution in [-0.4, -0.2) is 19.7 Å². The number of halogens is 1. The Kier molecular flexibility index (Phi) is 2.82. The van der Waals surface area contributed by atoms with Crippen LogP contribution < -0.4 is 0 Å². The van der Waals surface area contributed by atoms with Crippen LogP contribution in [0.25, 0.3) is 27.9 Å². The van der Waals surface area contributed by atoms with E-state index in [9.17, 15) is 0 Å². The minimum atomic E-state index is 0.309. The fraction of sp³-hybridized carbons (Fsp3) is 0.0625. The highest BCUT2D eigenvalue weighted by molar-refractivity contribution is 6.17. The van der Waals surface area contributed by atoms with Crippen molar-refractivity contribution >= 4 is 33.8 Å². The molecule has 2 aromatic carbocycles. The van der Waals surface area contributed by atoms with E-state index in [1.54, 1.807) is 4.68 Å². The van der Waals surface area contributed by atoms with Crippen molar-refractivity contribution in [2.75, 3.05) is 0 Å². The van der Waals surface area contributed by atoms with Gasteiger partial charge in [0, 0.05) is 0 Å².